The predicted octanol–water partition coefficient (Wildman–Crippen LogP) is 2.24. The van der Waals surface area contributed by atoms with Crippen LogP contribution in [0.2, 0.25) is 0 Å². The summed E-state index contributed by atoms with van der Waals surface area (Å²) in [6, 6.07) is 0. The minimum Gasteiger partial charge on any atom is -0.347 e. The first kappa shape index (κ1) is 10.4. The molecule has 0 amide bonds. The number of rotatable bonds is 4. The van der Waals surface area contributed by atoms with E-state index in [1.54, 1.807) is 0 Å². The fraction of sp³-hybridized carbons (Fsp3) is 1.00. The SMILES string of the molecule is CCCCC1(C)OCC(CS)O1. The zero-order valence-corrected chi connectivity index (χ0v) is 8.77. The van der Waals surface area contributed by atoms with Crippen molar-refractivity contribution in [3.63, 3.8) is 0 Å². The van der Waals surface area contributed by atoms with Gasteiger partial charge in [-0.1, -0.05) is 13.3 Å². The summed E-state index contributed by atoms with van der Waals surface area (Å²) < 4.78 is 11.3. The van der Waals surface area contributed by atoms with E-state index in [4.69, 9.17) is 9.47 Å². The van der Waals surface area contributed by atoms with Crippen LogP contribution in [0.3, 0.4) is 0 Å². The molecule has 1 fully saturated rings. The van der Waals surface area contributed by atoms with Gasteiger partial charge >= 0.3 is 0 Å². The molecule has 0 saturated carbocycles. The lowest BCUT2D eigenvalue weighted by Gasteiger charge is -2.22. The molecule has 0 aromatic rings. The maximum Gasteiger partial charge on any atom is 0.166 e. The van der Waals surface area contributed by atoms with Gasteiger partial charge < -0.3 is 9.47 Å². The zero-order valence-electron chi connectivity index (χ0n) is 7.88. The molecule has 1 saturated heterocycles. The van der Waals surface area contributed by atoms with Crippen LogP contribution in [0, 0.1) is 0 Å². The number of hydrogen-bond donors (Lipinski definition) is 1. The molecule has 0 aromatic carbocycles. The molecule has 0 spiro atoms. The van der Waals surface area contributed by atoms with Gasteiger partial charge in [0.15, 0.2) is 5.79 Å². The highest BCUT2D eigenvalue weighted by Gasteiger charge is 2.35. The van der Waals surface area contributed by atoms with Gasteiger partial charge in [-0.15, -0.1) is 0 Å². The Balaban J connectivity index is 2.31. The van der Waals surface area contributed by atoms with Crippen molar-refractivity contribution in [1.29, 1.82) is 0 Å². The number of unbranched alkanes of at least 4 members (excludes halogenated alkanes) is 1. The normalized spacial score (nSPS) is 35.8. The Morgan fingerprint density at radius 3 is 2.83 bits per heavy atom. The fourth-order valence-corrected chi connectivity index (χ4v) is 1.59. The molecular weight excluding hydrogens is 172 g/mol. The van der Waals surface area contributed by atoms with E-state index >= 15 is 0 Å². The molecule has 2 atom stereocenters. The van der Waals surface area contributed by atoms with Gasteiger partial charge in [0, 0.05) is 12.2 Å². The molecule has 1 rings (SSSR count). The van der Waals surface area contributed by atoms with Crippen molar-refractivity contribution in [2.75, 3.05) is 12.4 Å². The predicted molar refractivity (Wildman–Crippen MR) is 52.6 cm³/mol. The van der Waals surface area contributed by atoms with Gasteiger partial charge in [0.1, 0.15) is 0 Å². The Kier molecular flexibility index (Phi) is 3.87. The molecule has 2 unspecified atom stereocenters. The topological polar surface area (TPSA) is 18.5 Å². The Bertz CT molecular complexity index is 140. The Morgan fingerprint density at radius 2 is 2.33 bits per heavy atom. The van der Waals surface area contributed by atoms with Crippen molar-refractivity contribution < 1.29 is 9.47 Å². The third-order valence-electron chi connectivity index (χ3n) is 2.18. The van der Waals surface area contributed by atoms with Gasteiger partial charge in [-0.2, -0.15) is 12.6 Å². The van der Waals surface area contributed by atoms with E-state index in [1.165, 1.54) is 6.42 Å². The molecule has 0 radical (unpaired) electrons. The van der Waals surface area contributed by atoms with Crippen LogP contribution in [0.5, 0.6) is 0 Å². The molecule has 1 heterocycles. The zero-order chi connectivity index (χ0) is 9.03. The highest BCUT2D eigenvalue weighted by Crippen LogP contribution is 2.28. The first-order valence-electron chi connectivity index (χ1n) is 4.63. The molecule has 0 bridgehead atoms. The van der Waals surface area contributed by atoms with Crippen LogP contribution in [0.4, 0.5) is 0 Å². The third-order valence-corrected chi connectivity index (χ3v) is 2.59. The van der Waals surface area contributed by atoms with Crippen LogP contribution in [0.1, 0.15) is 33.1 Å². The highest BCUT2D eigenvalue weighted by molar-refractivity contribution is 7.80. The van der Waals surface area contributed by atoms with Crippen molar-refractivity contribution >= 4 is 12.6 Å². The summed E-state index contributed by atoms with van der Waals surface area (Å²) in [6.07, 6.45) is 3.53. The molecule has 1 aliphatic heterocycles. The second-order valence-corrected chi connectivity index (χ2v) is 3.84. The van der Waals surface area contributed by atoms with Crippen molar-refractivity contribution in [1.82, 2.24) is 0 Å². The number of hydrogen-bond acceptors (Lipinski definition) is 3. The minimum atomic E-state index is -0.330. The van der Waals surface area contributed by atoms with Gasteiger partial charge in [-0.25, -0.2) is 0 Å². The second kappa shape index (κ2) is 4.49. The molecule has 0 aliphatic carbocycles. The molecule has 1 aliphatic rings. The summed E-state index contributed by atoms with van der Waals surface area (Å²) >= 11 is 4.18. The molecule has 72 valence electrons. The maximum atomic E-state index is 5.70. The minimum absolute atomic E-state index is 0.190. The van der Waals surface area contributed by atoms with Crippen LogP contribution in [-0.4, -0.2) is 24.3 Å². The maximum absolute atomic E-state index is 5.70. The van der Waals surface area contributed by atoms with Crippen molar-refractivity contribution in [2.45, 2.75) is 45.0 Å². The summed E-state index contributed by atoms with van der Waals surface area (Å²) in [5, 5.41) is 0. The standard InChI is InChI=1S/C9H18O2S/c1-3-4-5-9(2)10-6-8(7-12)11-9/h8,12H,3-7H2,1-2H3. The lowest BCUT2D eigenvalue weighted by molar-refractivity contribution is -0.156. The van der Waals surface area contributed by atoms with E-state index in [2.05, 4.69) is 19.6 Å². The highest BCUT2D eigenvalue weighted by atomic mass is 32.1. The Hall–Kier alpha value is 0.270. The van der Waals surface area contributed by atoms with Crippen LogP contribution in [0.25, 0.3) is 0 Å². The van der Waals surface area contributed by atoms with E-state index < -0.39 is 0 Å². The smallest absolute Gasteiger partial charge is 0.166 e. The Labute approximate surface area is 80.0 Å². The number of thiol groups is 1. The van der Waals surface area contributed by atoms with Gasteiger partial charge in [0.25, 0.3) is 0 Å². The summed E-state index contributed by atoms with van der Waals surface area (Å²) in [5.74, 6) is 0.422. The molecular formula is C9H18O2S. The van der Waals surface area contributed by atoms with Crippen molar-refractivity contribution in [3.8, 4) is 0 Å². The summed E-state index contributed by atoms with van der Waals surface area (Å²) in [4.78, 5) is 0. The van der Waals surface area contributed by atoms with E-state index in [0.29, 0.717) is 6.61 Å². The molecule has 12 heavy (non-hydrogen) atoms. The number of ether oxygens (including phenoxy) is 2. The second-order valence-electron chi connectivity index (χ2n) is 3.47. The van der Waals surface area contributed by atoms with E-state index in [9.17, 15) is 0 Å². The lowest BCUT2D eigenvalue weighted by Crippen LogP contribution is -2.26. The molecule has 0 aromatic heterocycles. The average Bonchev–Trinajstić information content (AvgIpc) is 2.45. The largest absolute Gasteiger partial charge is 0.347 e. The molecule has 2 nitrogen and oxygen atoms in total. The fourth-order valence-electron chi connectivity index (χ4n) is 1.41. The van der Waals surface area contributed by atoms with Crippen LogP contribution in [-0.2, 0) is 9.47 Å². The summed E-state index contributed by atoms with van der Waals surface area (Å²) in [7, 11) is 0. The van der Waals surface area contributed by atoms with Crippen LogP contribution >= 0.6 is 12.6 Å². The quantitative estimate of drug-likeness (QED) is 0.685. The van der Waals surface area contributed by atoms with E-state index in [0.717, 1.165) is 18.6 Å². The van der Waals surface area contributed by atoms with E-state index in [1.807, 2.05) is 6.92 Å². The Morgan fingerprint density at radius 1 is 1.58 bits per heavy atom. The van der Waals surface area contributed by atoms with Crippen LogP contribution in [0.15, 0.2) is 0 Å². The lowest BCUT2D eigenvalue weighted by atomic mass is 10.1. The molecule has 3 heteroatoms. The van der Waals surface area contributed by atoms with Gasteiger partial charge in [0.2, 0.25) is 0 Å². The van der Waals surface area contributed by atoms with E-state index in [-0.39, 0.29) is 11.9 Å². The average molecular weight is 190 g/mol. The monoisotopic (exact) mass is 190 g/mol. The van der Waals surface area contributed by atoms with Gasteiger partial charge in [-0.05, 0) is 13.3 Å². The first-order chi connectivity index (χ1) is 5.70. The third kappa shape index (κ3) is 2.64. The summed E-state index contributed by atoms with van der Waals surface area (Å²) in [6.45, 7) is 4.89. The molecule has 0 N–H and O–H groups in total. The van der Waals surface area contributed by atoms with Crippen LogP contribution < -0.4 is 0 Å². The van der Waals surface area contributed by atoms with Gasteiger partial charge in [-0.3, -0.25) is 0 Å². The van der Waals surface area contributed by atoms with Crippen molar-refractivity contribution in [2.24, 2.45) is 0 Å². The van der Waals surface area contributed by atoms with Gasteiger partial charge in [0.05, 0.1) is 12.7 Å². The first-order valence-corrected chi connectivity index (χ1v) is 5.26. The summed E-state index contributed by atoms with van der Waals surface area (Å²) in [5.41, 5.74) is 0. The van der Waals surface area contributed by atoms with Crippen molar-refractivity contribution in [3.05, 3.63) is 0 Å².